The molecule has 0 aliphatic rings. The van der Waals surface area contributed by atoms with Crippen LogP contribution in [0.3, 0.4) is 0 Å². The highest BCUT2D eigenvalue weighted by atomic mass is 32.2. The van der Waals surface area contributed by atoms with Gasteiger partial charge in [0.05, 0.1) is 10.6 Å². The average Bonchev–Trinajstić information content (AvgIpc) is 2.70. The van der Waals surface area contributed by atoms with Crippen molar-refractivity contribution >= 4 is 27.3 Å². The minimum atomic E-state index is -4.82. The van der Waals surface area contributed by atoms with Gasteiger partial charge in [0.15, 0.2) is 0 Å². The van der Waals surface area contributed by atoms with Crippen molar-refractivity contribution in [2.75, 3.05) is 10.0 Å². The Morgan fingerprint density at radius 2 is 1.58 bits per heavy atom. The zero-order valence-corrected chi connectivity index (χ0v) is 16.9. The zero-order valence-electron chi connectivity index (χ0n) is 16.1. The molecular formula is C21H17F3N2O4S. The third kappa shape index (κ3) is 5.98. The Bertz CT molecular complexity index is 1180. The van der Waals surface area contributed by atoms with E-state index in [1.54, 1.807) is 37.3 Å². The number of aryl methyl sites for hydroxylation is 1. The molecule has 0 saturated carbocycles. The molecule has 162 valence electrons. The summed E-state index contributed by atoms with van der Waals surface area (Å²) in [6.07, 6.45) is -4.82. The molecule has 6 nitrogen and oxygen atoms in total. The van der Waals surface area contributed by atoms with Crippen molar-refractivity contribution in [1.29, 1.82) is 0 Å². The van der Waals surface area contributed by atoms with Gasteiger partial charge in [-0.25, -0.2) is 8.42 Å². The first-order valence-corrected chi connectivity index (χ1v) is 10.4. The Balaban J connectivity index is 1.75. The zero-order chi connectivity index (χ0) is 22.6. The molecule has 3 aromatic rings. The fourth-order valence-electron chi connectivity index (χ4n) is 2.62. The highest BCUT2D eigenvalue weighted by Gasteiger charge is 2.31. The minimum Gasteiger partial charge on any atom is -0.406 e. The summed E-state index contributed by atoms with van der Waals surface area (Å²) in [6.45, 7) is 1.70. The van der Waals surface area contributed by atoms with Crippen molar-refractivity contribution < 1.29 is 31.1 Å². The van der Waals surface area contributed by atoms with E-state index in [-0.39, 0.29) is 16.1 Å². The van der Waals surface area contributed by atoms with Crippen molar-refractivity contribution in [2.24, 2.45) is 0 Å². The summed E-state index contributed by atoms with van der Waals surface area (Å²) in [5.41, 5.74) is 1.31. The second-order valence-electron chi connectivity index (χ2n) is 6.47. The van der Waals surface area contributed by atoms with Crippen LogP contribution in [0, 0.1) is 6.92 Å². The van der Waals surface area contributed by atoms with E-state index < -0.39 is 28.0 Å². The molecule has 0 unspecified atom stereocenters. The molecule has 0 atom stereocenters. The third-order valence-corrected chi connectivity index (χ3v) is 5.52. The predicted molar refractivity (Wildman–Crippen MR) is 110 cm³/mol. The highest BCUT2D eigenvalue weighted by molar-refractivity contribution is 7.92. The molecule has 3 aromatic carbocycles. The van der Waals surface area contributed by atoms with Gasteiger partial charge < -0.3 is 10.1 Å². The van der Waals surface area contributed by atoms with Crippen LogP contribution in [0.5, 0.6) is 5.75 Å². The Kier molecular flexibility index (Phi) is 6.21. The van der Waals surface area contributed by atoms with Crippen LogP contribution in [0.15, 0.2) is 77.7 Å². The minimum absolute atomic E-state index is 0.0880. The van der Waals surface area contributed by atoms with E-state index in [2.05, 4.69) is 14.8 Å². The standard InChI is InChI=1S/C21H17F3N2O4S/c1-14-7-10-16(13-19(14)26-31(28,29)18-5-3-2-4-6-18)25-20(27)15-8-11-17(12-9-15)30-21(22,23)24/h2-13,26H,1H3,(H,25,27). The van der Waals surface area contributed by atoms with E-state index in [0.717, 1.165) is 12.1 Å². The van der Waals surface area contributed by atoms with E-state index in [9.17, 15) is 26.4 Å². The maximum atomic E-state index is 12.5. The second-order valence-corrected chi connectivity index (χ2v) is 8.16. The molecule has 0 bridgehead atoms. The third-order valence-electron chi connectivity index (χ3n) is 4.14. The summed E-state index contributed by atoms with van der Waals surface area (Å²) in [7, 11) is -3.82. The fourth-order valence-corrected chi connectivity index (χ4v) is 3.77. The van der Waals surface area contributed by atoms with E-state index in [1.165, 1.54) is 30.3 Å². The van der Waals surface area contributed by atoms with Crippen LogP contribution >= 0.6 is 0 Å². The molecule has 31 heavy (non-hydrogen) atoms. The topological polar surface area (TPSA) is 84.5 Å². The van der Waals surface area contributed by atoms with Gasteiger partial charge in [-0.05, 0) is 61.0 Å². The number of hydrogen-bond acceptors (Lipinski definition) is 4. The molecule has 3 rings (SSSR count). The molecule has 0 saturated heterocycles. The van der Waals surface area contributed by atoms with E-state index in [1.807, 2.05) is 0 Å². The summed E-state index contributed by atoms with van der Waals surface area (Å²) >= 11 is 0. The number of hydrogen-bond donors (Lipinski definition) is 2. The monoisotopic (exact) mass is 450 g/mol. The average molecular weight is 450 g/mol. The van der Waals surface area contributed by atoms with Crippen molar-refractivity contribution in [2.45, 2.75) is 18.2 Å². The number of halogens is 3. The summed E-state index contributed by atoms with van der Waals surface area (Å²) in [4.78, 5) is 12.5. The van der Waals surface area contributed by atoms with Crippen LogP contribution in [0.25, 0.3) is 0 Å². The Labute approximate surface area is 176 Å². The van der Waals surface area contributed by atoms with Gasteiger partial charge in [-0.1, -0.05) is 24.3 Å². The van der Waals surface area contributed by atoms with Crippen LogP contribution in [0.4, 0.5) is 24.5 Å². The molecule has 0 aromatic heterocycles. The largest absolute Gasteiger partial charge is 0.573 e. The first kappa shape index (κ1) is 22.2. The molecule has 0 fully saturated rings. The number of alkyl halides is 3. The number of ether oxygens (including phenoxy) is 1. The summed E-state index contributed by atoms with van der Waals surface area (Å²) in [6, 6.07) is 16.9. The molecular weight excluding hydrogens is 433 g/mol. The number of amides is 1. The normalized spacial score (nSPS) is 11.6. The Morgan fingerprint density at radius 3 is 2.19 bits per heavy atom. The lowest BCUT2D eigenvalue weighted by molar-refractivity contribution is -0.274. The van der Waals surface area contributed by atoms with Gasteiger partial charge in [0.1, 0.15) is 5.75 Å². The number of carbonyl (C=O) groups is 1. The predicted octanol–water partition coefficient (Wildman–Crippen LogP) is 4.95. The highest BCUT2D eigenvalue weighted by Crippen LogP contribution is 2.25. The number of rotatable bonds is 6. The van der Waals surface area contributed by atoms with Crippen molar-refractivity contribution in [3.05, 3.63) is 83.9 Å². The van der Waals surface area contributed by atoms with Crippen LogP contribution in [0.1, 0.15) is 15.9 Å². The van der Waals surface area contributed by atoms with Gasteiger partial charge in [0.25, 0.3) is 15.9 Å². The van der Waals surface area contributed by atoms with Crippen LogP contribution < -0.4 is 14.8 Å². The maximum absolute atomic E-state index is 12.5. The number of nitrogens with one attached hydrogen (secondary N) is 2. The summed E-state index contributed by atoms with van der Waals surface area (Å²) < 4.78 is 68.1. The summed E-state index contributed by atoms with van der Waals surface area (Å²) in [5, 5.41) is 2.58. The molecule has 0 spiro atoms. The van der Waals surface area contributed by atoms with Crippen LogP contribution in [-0.2, 0) is 10.0 Å². The first-order chi connectivity index (χ1) is 14.5. The maximum Gasteiger partial charge on any atom is 0.573 e. The molecule has 10 heteroatoms. The van der Waals surface area contributed by atoms with Gasteiger partial charge in [-0.2, -0.15) is 0 Å². The molecule has 0 aliphatic carbocycles. The summed E-state index contributed by atoms with van der Waals surface area (Å²) in [5.74, 6) is -1.03. The molecule has 0 aliphatic heterocycles. The van der Waals surface area contributed by atoms with Gasteiger partial charge in [-0.15, -0.1) is 13.2 Å². The number of anilines is 2. The lowest BCUT2D eigenvalue weighted by atomic mass is 10.1. The quantitative estimate of drug-likeness (QED) is 0.557. The van der Waals surface area contributed by atoms with Crippen molar-refractivity contribution in [3.63, 3.8) is 0 Å². The van der Waals surface area contributed by atoms with Gasteiger partial charge >= 0.3 is 6.36 Å². The Hall–Kier alpha value is -3.53. The molecule has 2 N–H and O–H groups in total. The molecule has 0 radical (unpaired) electrons. The van der Waals surface area contributed by atoms with Crippen LogP contribution in [-0.4, -0.2) is 20.7 Å². The van der Waals surface area contributed by atoms with E-state index in [4.69, 9.17) is 0 Å². The molecule has 1 amide bonds. The second kappa shape index (κ2) is 8.68. The van der Waals surface area contributed by atoms with Gasteiger partial charge in [-0.3, -0.25) is 9.52 Å². The van der Waals surface area contributed by atoms with E-state index >= 15 is 0 Å². The van der Waals surface area contributed by atoms with Gasteiger partial charge in [0.2, 0.25) is 0 Å². The SMILES string of the molecule is Cc1ccc(NC(=O)c2ccc(OC(F)(F)F)cc2)cc1NS(=O)(=O)c1ccccc1. The number of benzene rings is 3. The Morgan fingerprint density at radius 1 is 0.935 bits per heavy atom. The smallest absolute Gasteiger partial charge is 0.406 e. The van der Waals surface area contributed by atoms with Crippen LogP contribution in [0.2, 0.25) is 0 Å². The lowest BCUT2D eigenvalue weighted by Crippen LogP contribution is -2.17. The number of carbonyl (C=O) groups excluding carboxylic acids is 1. The first-order valence-electron chi connectivity index (χ1n) is 8.89. The molecule has 0 heterocycles. The fraction of sp³-hybridized carbons (Fsp3) is 0.0952. The van der Waals surface area contributed by atoms with Gasteiger partial charge in [0, 0.05) is 11.3 Å². The van der Waals surface area contributed by atoms with Crippen molar-refractivity contribution in [3.8, 4) is 5.75 Å². The number of sulfonamides is 1. The van der Waals surface area contributed by atoms with Crippen molar-refractivity contribution in [1.82, 2.24) is 0 Å². The lowest BCUT2D eigenvalue weighted by Gasteiger charge is -2.13. The van der Waals surface area contributed by atoms with E-state index in [0.29, 0.717) is 11.3 Å².